The summed E-state index contributed by atoms with van der Waals surface area (Å²) in [4.78, 5) is 17.2. The molecule has 1 atom stereocenters. The number of aromatic nitrogens is 3. The molecule has 4 aromatic rings. The number of halogens is 3. The summed E-state index contributed by atoms with van der Waals surface area (Å²) in [5.74, 6) is -0.454. The van der Waals surface area contributed by atoms with Crippen molar-refractivity contribution in [1.82, 2.24) is 15.2 Å². The van der Waals surface area contributed by atoms with Gasteiger partial charge in [0.2, 0.25) is 6.29 Å². The first-order valence-electron chi connectivity index (χ1n) is 10.0. The molecule has 0 spiro atoms. The third kappa shape index (κ3) is 4.16. The number of alkyl halides is 3. The van der Waals surface area contributed by atoms with E-state index in [1.165, 1.54) is 24.4 Å². The van der Waals surface area contributed by atoms with Crippen molar-refractivity contribution in [2.45, 2.75) is 12.5 Å². The van der Waals surface area contributed by atoms with Crippen molar-refractivity contribution in [3.8, 4) is 5.75 Å². The highest BCUT2D eigenvalue weighted by Gasteiger charge is 2.39. The molecule has 3 heterocycles. The molecule has 1 amide bonds. The zero-order valence-electron chi connectivity index (χ0n) is 17.2. The summed E-state index contributed by atoms with van der Waals surface area (Å²) in [7, 11) is 0. The Bertz CT molecular complexity index is 1430. The average molecular weight is 467 g/mol. The second-order valence-corrected chi connectivity index (χ2v) is 7.45. The summed E-state index contributed by atoms with van der Waals surface area (Å²) >= 11 is 0. The van der Waals surface area contributed by atoms with Crippen molar-refractivity contribution in [3.05, 3.63) is 78.1 Å². The first-order chi connectivity index (χ1) is 16.3. The van der Waals surface area contributed by atoms with Gasteiger partial charge in [0.1, 0.15) is 11.6 Å². The van der Waals surface area contributed by atoms with E-state index in [4.69, 9.17) is 4.74 Å². The van der Waals surface area contributed by atoms with Gasteiger partial charge in [0, 0.05) is 34.6 Å². The number of carbonyl (C=O) groups is 1. The Morgan fingerprint density at radius 1 is 1.12 bits per heavy atom. The van der Waals surface area contributed by atoms with Crippen LogP contribution in [-0.2, 0) is 0 Å². The molecule has 5 rings (SSSR count). The number of nitrogens with one attached hydrogen (secondary N) is 3. The highest BCUT2D eigenvalue weighted by Crippen LogP contribution is 2.42. The normalized spacial score (nSPS) is 15.3. The van der Waals surface area contributed by atoms with Crippen LogP contribution in [0.4, 0.5) is 30.4 Å². The minimum atomic E-state index is -4.67. The van der Waals surface area contributed by atoms with E-state index >= 15 is 0 Å². The molecule has 11 heteroatoms. The third-order valence-corrected chi connectivity index (χ3v) is 5.15. The highest BCUT2D eigenvalue weighted by molar-refractivity contribution is 6.08. The Kier molecular flexibility index (Phi) is 5.17. The number of aromatic amines is 1. The van der Waals surface area contributed by atoms with Crippen LogP contribution in [-0.4, -0.2) is 38.7 Å². The molecule has 1 unspecified atom stereocenters. The fraction of sp³-hybridized carbons (Fsp3) is 0.0870. The number of anilines is 3. The molecule has 2 aromatic heterocycles. The standard InChI is InChI=1S/C23H16F3N5O3/c24-23(25,26)17-10-20(32)34-19-9-14(5-6-15(17)19)30-22(33)16-2-1-7-27-21(16)29-13-4-3-12-11-28-31-18(12)8-13/h1-11,20,32H,(H,27,29)(H,28,31)(H,30,33). The quantitative estimate of drug-likeness (QED) is 0.349. The van der Waals surface area contributed by atoms with Gasteiger partial charge in [-0.1, -0.05) is 0 Å². The summed E-state index contributed by atoms with van der Waals surface area (Å²) in [6, 6.07) is 12.4. The van der Waals surface area contributed by atoms with Crippen LogP contribution in [0.3, 0.4) is 0 Å². The van der Waals surface area contributed by atoms with Gasteiger partial charge in [0.05, 0.1) is 22.9 Å². The van der Waals surface area contributed by atoms with Crippen LogP contribution in [0.5, 0.6) is 5.75 Å². The van der Waals surface area contributed by atoms with Gasteiger partial charge in [-0.15, -0.1) is 0 Å². The van der Waals surface area contributed by atoms with Crippen molar-refractivity contribution in [1.29, 1.82) is 0 Å². The van der Waals surface area contributed by atoms with Crippen LogP contribution < -0.4 is 15.4 Å². The number of aliphatic hydroxyl groups is 1. The number of H-pyrrole nitrogens is 1. The summed E-state index contributed by atoms with van der Waals surface area (Å²) in [5, 5.41) is 23.1. The van der Waals surface area contributed by atoms with E-state index in [0.29, 0.717) is 11.8 Å². The second kappa shape index (κ2) is 8.19. The molecule has 34 heavy (non-hydrogen) atoms. The summed E-state index contributed by atoms with van der Waals surface area (Å²) in [6.07, 6.45) is -2.62. The van der Waals surface area contributed by atoms with Gasteiger partial charge in [-0.05, 0) is 48.5 Å². The van der Waals surface area contributed by atoms with Gasteiger partial charge in [0.25, 0.3) is 5.91 Å². The average Bonchev–Trinajstić information content (AvgIpc) is 3.26. The molecule has 1 aliphatic heterocycles. The van der Waals surface area contributed by atoms with Crippen LogP contribution in [0.2, 0.25) is 0 Å². The SMILES string of the molecule is O=C(Nc1ccc2c(c1)OC(O)C=C2C(F)(F)F)c1cccnc1Nc1ccc2cn[nH]c2c1. The largest absolute Gasteiger partial charge is 0.461 e. The lowest BCUT2D eigenvalue weighted by atomic mass is 10.0. The maximum Gasteiger partial charge on any atom is 0.417 e. The van der Waals surface area contributed by atoms with Crippen molar-refractivity contribution in [2.24, 2.45) is 0 Å². The predicted molar refractivity (Wildman–Crippen MR) is 119 cm³/mol. The number of benzene rings is 2. The number of allylic oxidation sites excluding steroid dienone is 1. The van der Waals surface area contributed by atoms with Crippen molar-refractivity contribution in [2.75, 3.05) is 10.6 Å². The molecule has 0 aliphatic carbocycles. The van der Waals surface area contributed by atoms with Crippen molar-refractivity contribution < 1.29 is 27.8 Å². The minimum Gasteiger partial charge on any atom is -0.461 e. The zero-order valence-corrected chi connectivity index (χ0v) is 17.2. The molecule has 0 bridgehead atoms. The smallest absolute Gasteiger partial charge is 0.417 e. The Labute approximate surface area is 190 Å². The highest BCUT2D eigenvalue weighted by atomic mass is 19.4. The number of hydrogen-bond acceptors (Lipinski definition) is 6. The van der Waals surface area contributed by atoms with E-state index in [2.05, 4.69) is 25.8 Å². The number of hydrogen-bond donors (Lipinski definition) is 4. The first-order valence-corrected chi connectivity index (χ1v) is 10.0. The van der Waals surface area contributed by atoms with Gasteiger partial charge in [0.15, 0.2) is 0 Å². The van der Waals surface area contributed by atoms with Gasteiger partial charge < -0.3 is 20.5 Å². The minimum absolute atomic E-state index is 0.188. The van der Waals surface area contributed by atoms with E-state index in [1.54, 1.807) is 18.3 Å². The molecular weight excluding hydrogens is 451 g/mol. The molecule has 0 saturated carbocycles. The Morgan fingerprint density at radius 2 is 1.94 bits per heavy atom. The van der Waals surface area contributed by atoms with E-state index < -0.39 is 23.9 Å². The van der Waals surface area contributed by atoms with Crippen molar-refractivity contribution in [3.63, 3.8) is 0 Å². The topological polar surface area (TPSA) is 112 Å². The Hall–Kier alpha value is -4.38. The lowest BCUT2D eigenvalue weighted by molar-refractivity contribution is -0.0729. The number of amides is 1. The Morgan fingerprint density at radius 3 is 2.76 bits per heavy atom. The predicted octanol–water partition coefficient (Wildman–Crippen LogP) is 4.61. The maximum absolute atomic E-state index is 13.3. The third-order valence-electron chi connectivity index (χ3n) is 5.15. The van der Waals surface area contributed by atoms with Gasteiger partial charge in [-0.3, -0.25) is 9.89 Å². The van der Waals surface area contributed by atoms with Gasteiger partial charge in [-0.25, -0.2) is 4.98 Å². The number of carbonyl (C=O) groups excluding carboxylic acids is 1. The van der Waals surface area contributed by atoms with Crippen LogP contribution in [0.1, 0.15) is 15.9 Å². The van der Waals surface area contributed by atoms with Gasteiger partial charge >= 0.3 is 6.18 Å². The number of nitrogens with zero attached hydrogens (tertiary/aromatic N) is 2. The molecule has 0 radical (unpaired) electrons. The number of pyridine rings is 1. The summed E-state index contributed by atoms with van der Waals surface area (Å²) in [6.45, 7) is 0. The number of rotatable bonds is 4. The molecule has 2 aromatic carbocycles. The van der Waals surface area contributed by atoms with Crippen LogP contribution in [0.25, 0.3) is 16.5 Å². The molecule has 8 nitrogen and oxygen atoms in total. The van der Waals surface area contributed by atoms with Gasteiger partial charge in [-0.2, -0.15) is 18.3 Å². The number of ether oxygens (including phenoxy) is 1. The molecule has 172 valence electrons. The lowest BCUT2D eigenvalue weighted by Gasteiger charge is -2.24. The monoisotopic (exact) mass is 467 g/mol. The lowest BCUT2D eigenvalue weighted by Crippen LogP contribution is -2.23. The van der Waals surface area contributed by atoms with E-state index in [-0.39, 0.29) is 28.4 Å². The maximum atomic E-state index is 13.3. The molecule has 0 fully saturated rings. The van der Waals surface area contributed by atoms with Crippen LogP contribution in [0, 0.1) is 0 Å². The van der Waals surface area contributed by atoms with Crippen LogP contribution in [0.15, 0.2) is 67.0 Å². The number of fused-ring (bicyclic) bond motifs is 2. The molecule has 0 saturated heterocycles. The fourth-order valence-electron chi connectivity index (χ4n) is 3.60. The van der Waals surface area contributed by atoms with Crippen LogP contribution >= 0.6 is 0 Å². The Balaban J connectivity index is 1.39. The van der Waals surface area contributed by atoms with E-state index in [1.807, 2.05) is 18.2 Å². The summed E-state index contributed by atoms with van der Waals surface area (Å²) < 4.78 is 45.0. The van der Waals surface area contributed by atoms with E-state index in [9.17, 15) is 23.1 Å². The second-order valence-electron chi connectivity index (χ2n) is 7.45. The van der Waals surface area contributed by atoms with Crippen molar-refractivity contribution >= 4 is 39.6 Å². The molecular formula is C23H16F3N5O3. The molecule has 1 aliphatic rings. The number of aliphatic hydroxyl groups excluding tert-OH is 1. The first kappa shape index (κ1) is 21.5. The summed E-state index contributed by atoms with van der Waals surface area (Å²) in [5.41, 5.74) is 0.637. The molecule has 4 N–H and O–H groups in total. The zero-order chi connectivity index (χ0) is 23.9. The van der Waals surface area contributed by atoms with E-state index in [0.717, 1.165) is 10.9 Å². The fourth-order valence-corrected chi connectivity index (χ4v) is 3.60.